The zero-order valence-electron chi connectivity index (χ0n) is 10.4. The van der Waals surface area contributed by atoms with E-state index in [0.717, 1.165) is 0 Å². The minimum atomic E-state index is -1.55. The van der Waals surface area contributed by atoms with Gasteiger partial charge in [0, 0.05) is 0 Å². The number of nitriles is 2. The summed E-state index contributed by atoms with van der Waals surface area (Å²) in [6.45, 7) is 0. The molecule has 2 heterocycles. The van der Waals surface area contributed by atoms with Crippen molar-refractivity contribution in [3.05, 3.63) is 22.8 Å². The van der Waals surface area contributed by atoms with E-state index in [0.29, 0.717) is 0 Å². The number of aromatic carboxylic acids is 2. The van der Waals surface area contributed by atoms with Crippen molar-refractivity contribution >= 4 is 23.8 Å². The summed E-state index contributed by atoms with van der Waals surface area (Å²) >= 11 is 0. The van der Waals surface area contributed by atoms with Gasteiger partial charge in [-0.2, -0.15) is 15.5 Å². The van der Waals surface area contributed by atoms with Crippen LogP contribution < -0.4 is 0 Å². The van der Waals surface area contributed by atoms with Gasteiger partial charge >= 0.3 is 11.9 Å². The second kappa shape index (κ2) is 5.51. The Hall–Kier alpha value is -4.06. The number of azo groups is 1. The van der Waals surface area contributed by atoms with Crippen molar-refractivity contribution in [1.82, 2.24) is 19.9 Å². The third-order valence-corrected chi connectivity index (χ3v) is 2.26. The smallest absolute Gasteiger partial charge is 0.357 e. The molecule has 0 aliphatic carbocycles. The molecule has 0 bridgehead atoms. The highest BCUT2D eigenvalue weighted by Gasteiger charge is 2.21. The number of rotatable bonds is 4. The highest BCUT2D eigenvalue weighted by molar-refractivity contribution is 5.99. The Balaban J connectivity index is 2.35. The van der Waals surface area contributed by atoms with Crippen LogP contribution in [-0.2, 0) is 0 Å². The van der Waals surface area contributed by atoms with E-state index >= 15 is 0 Å². The van der Waals surface area contributed by atoms with Gasteiger partial charge in [-0.3, -0.25) is 0 Å². The predicted molar refractivity (Wildman–Crippen MR) is 64.7 cm³/mol. The van der Waals surface area contributed by atoms with Gasteiger partial charge < -0.3 is 20.2 Å². The Morgan fingerprint density at radius 1 is 1.00 bits per heavy atom. The molecule has 0 aliphatic rings. The highest BCUT2D eigenvalue weighted by Crippen LogP contribution is 2.17. The average molecular weight is 300 g/mol. The van der Waals surface area contributed by atoms with Crippen LogP contribution in [0.1, 0.15) is 32.4 Å². The van der Waals surface area contributed by atoms with Crippen LogP contribution in [-0.4, -0.2) is 42.1 Å². The number of nitrogens with zero attached hydrogens (tertiary/aromatic N) is 6. The zero-order valence-corrected chi connectivity index (χ0v) is 10.4. The Kier molecular flexibility index (Phi) is 3.60. The van der Waals surface area contributed by atoms with E-state index in [-0.39, 0.29) is 23.3 Å². The molecule has 0 aliphatic heterocycles. The molecule has 0 spiro atoms. The Morgan fingerprint density at radius 3 is 2.05 bits per heavy atom. The molecule has 2 rings (SSSR count). The first-order valence-electron chi connectivity index (χ1n) is 5.34. The van der Waals surface area contributed by atoms with E-state index in [1.54, 1.807) is 12.1 Å². The number of H-pyrrole nitrogens is 2. The molecule has 0 unspecified atom stereocenters. The van der Waals surface area contributed by atoms with E-state index in [4.69, 9.17) is 20.7 Å². The fourth-order valence-electron chi connectivity index (χ4n) is 1.38. The van der Waals surface area contributed by atoms with E-state index in [9.17, 15) is 9.59 Å². The molecule has 0 aromatic carbocycles. The van der Waals surface area contributed by atoms with Crippen molar-refractivity contribution in [3.8, 4) is 12.1 Å². The van der Waals surface area contributed by atoms with E-state index in [2.05, 4.69) is 30.2 Å². The summed E-state index contributed by atoms with van der Waals surface area (Å²) in [5.74, 6) is -3.66. The molecule has 0 saturated carbocycles. The maximum Gasteiger partial charge on any atom is 0.357 e. The molecule has 2 aromatic rings. The number of imidazole rings is 2. The molecule has 0 atom stereocenters. The summed E-state index contributed by atoms with van der Waals surface area (Å²) < 4.78 is 0. The minimum Gasteiger partial charge on any atom is -0.477 e. The van der Waals surface area contributed by atoms with Gasteiger partial charge in [0.15, 0.2) is 22.8 Å². The molecule has 4 N–H and O–H groups in total. The van der Waals surface area contributed by atoms with Crippen LogP contribution in [0.4, 0.5) is 11.9 Å². The average Bonchev–Trinajstić information content (AvgIpc) is 3.08. The molecule has 12 nitrogen and oxygen atoms in total. The Bertz CT molecular complexity index is 815. The van der Waals surface area contributed by atoms with Gasteiger partial charge in [-0.25, -0.2) is 14.6 Å². The molecule has 0 saturated heterocycles. The molecule has 12 heteroatoms. The van der Waals surface area contributed by atoms with Gasteiger partial charge in [0.2, 0.25) is 11.9 Å². The molecule has 108 valence electrons. The lowest BCUT2D eigenvalue weighted by molar-refractivity contribution is 0.0644. The molecular weight excluding hydrogens is 296 g/mol. The molecule has 0 fully saturated rings. The molecule has 22 heavy (non-hydrogen) atoms. The number of hydrogen-bond donors (Lipinski definition) is 4. The van der Waals surface area contributed by atoms with Gasteiger partial charge in [-0.15, -0.1) is 10.2 Å². The van der Waals surface area contributed by atoms with Crippen LogP contribution >= 0.6 is 0 Å². The first kappa shape index (κ1) is 14.4. The normalized spacial score (nSPS) is 10.3. The van der Waals surface area contributed by atoms with Crippen molar-refractivity contribution in [2.45, 2.75) is 0 Å². The predicted octanol–water partition coefficient (Wildman–Crippen LogP) is 0.688. The molecule has 0 radical (unpaired) electrons. The van der Waals surface area contributed by atoms with Crippen LogP contribution in [0.3, 0.4) is 0 Å². The topological polar surface area (TPSA) is 204 Å². The van der Waals surface area contributed by atoms with Crippen molar-refractivity contribution in [2.24, 2.45) is 10.2 Å². The van der Waals surface area contributed by atoms with Crippen LogP contribution in [0.2, 0.25) is 0 Å². The first-order valence-corrected chi connectivity index (χ1v) is 5.34. The summed E-state index contributed by atoms with van der Waals surface area (Å²) in [6, 6.07) is 3.35. The lowest BCUT2D eigenvalue weighted by Crippen LogP contribution is -2.07. The lowest BCUT2D eigenvalue weighted by atomic mass is 10.3. The van der Waals surface area contributed by atoms with Gasteiger partial charge in [0.25, 0.3) is 0 Å². The Morgan fingerprint density at radius 2 is 1.64 bits per heavy atom. The highest BCUT2D eigenvalue weighted by atomic mass is 16.4. The molecule has 2 aromatic heterocycles. The second-order valence-electron chi connectivity index (χ2n) is 3.60. The van der Waals surface area contributed by atoms with Crippen LogP contribution in [0, 0.1) is 22.7 Å². The summed E-state index contributed by atoms with van der Waals surface area (Å²) in [5.41, 5.74) is -1.69. The fraction of sp³-hybridized carbons (Fsp3) is 0. The molecular formula is C10H4N8O4. The Labute approximate surface area is 120 Å². The number of carboxylic acids is 2. The fourth-order valence-corrected chi connectivity index (χ4v) is 1.38. The number of aromatic nitrogens is 4. The van der Waals surface area contributed by atoms with E-state index in [1.165, 1.54) is 0 Å². The zero-order chi connectivity index (χ0) is 16.3. The van der Waals surface area contributed by atoms with Crippen LogP contribution in [0.5, 0.6) is 0 Å². The van der Waals surface area contributed by atoms with Gasteiger partial charge in [-0.05, 0) is 0 Å². The number of aromatic amines is 2. The third kappa shape index (κ3) is 2.61. The maximum absolute atomic E-state index is 10.8. The van der Waals surface area contributed by atoms with Gasteiger partial charge in [-0.1, -0.05) is 0 Å². The number of carbonyl (C=O) groups is 2. The summed E-state index contributed by atoms with van der Waals surface area (Å²) in [5, 5.41) is 42.0. The summed E-state index contributed by atoms with van der Waals surface area (Å²) in [4.78, 5) is 33.3. The molecule has 0 amide bonds. The maximum atomic E-state index is 10.8. The van der Waals surface area contributed by atoms with Crippen molar-refractivity contribution in [1.29, 1.82) is 10.5 Å². The van der Waals surface area contributed by atoms with E-state index in [1.807, 2.05) is 0 Å². The first-order chi connectivity index (χ1) is 10.5. The number of nitrogens with one attached hydrogen (secondary N) is 2. The lowest BCUT2D eigenvalue weighted by Gasteiger charge is -1.88. The van der Waals surface area contributed by atoms with Crippen LogP contribution in [0.15, 0.2) is 10.2 Å². The minimum absolute atomic E-state index is 0.117. The standard InChI is InChI=1S/C10H4N8O4/c11-1-3-4(2-12)14-9(13-3)17-18-10-15-5(7(19)20)6(16-10)8(21)22/h(H,13,14)(H,15,16)(H,19,20)(H,21,22)/b18-17+. The van der Waals surface area contributed by atoms with Crippen LogP contribution in [0.25, 0.3) is 0 Å². The third-order valence-electron chi connectivity index (χ3n) is 2.26. The van der Waals surface area contributed by atoms with Gasteiger partial charge in [0.05, 0.1) is 0 Å². The van der Waals surface area contributed by atoms with Crippen molar-refractivity contribution in [3.63, 3.8) is 0 Å². The van der Waals surface area contributed by atoms with Crippen molar-refractivity contribution in [2.75, 3.05) is 0 Å². The van der Waals surface area contributed by atoms with Gasteiger partial charge in [0.1, 0.15) is 12.1 Å². The summed E-state index contributed by atoms with van der Waals surface area (Å²) in [7, 11) is 0. The summed E-state index contributed by atoms with van der Waals surface area (Å²) in [6.07, 6.45) is 0. The second-order valence-corrected chi connectivity index (χ2v) is 3.60. The number of hydrogen-bond acceptors (Lipinski definition) is 8. The monoisotopic (exact) mass is 300 g/mol. The largest absolute Gasteiger partial charge is 0.477 e. The van der Waals surface area contributed by atoms with Crippen molar-refractivity contribution < 1.29 is 19.8 Å². The number of carboxylic acid groups (broad SMARTS) is 2. The SMILES string of the molecule is N#Cc1nc(/N=N/c2nc(C(=O)O)c(C(=O)O)[nH]2)[nH]c1C#N. The van der Waals surface area contributed by atoms with E-state index < -0.39 is 23.3 Å². The quantitative estimate of drug-likeness (QED) is 0.589.